The topological polar surface area (TPSA) is 32.7 Å². The molecule has 1 aliphatic rings. The Morgan fingerprint density at radius 2 is 1.92 bits per heavy atom. The SMILES string of the molecule is CN(C)CC1CC(OCc2ccccc2)CCC1(O)c1cccc(Br)c1. The van der Waals surface area contributed by atoms with Gasteiger partial charge in [0.25, 0.3) is 0 Å². The van der Waals surface area contributed by atoms with Gasteiger partial charge < -0.3 is 14.7 Å². The molecule has 0 aromatic heterocycles. The quantitative estimate of drug-likeness (QED) is 0.745. The zero-order chi connectivity index (χ0) is 18.6. The third-order valence-electron chi connectivity index (χ3n) is 5.31. The molecule has 0 saturated heterocycles. The van der Waals surface area contributed by atoms with Crippen molar-refractivity contribution in [1.82, 2.24) is 4.90 Å². The van der Waals surface area contributed by atoms with Crippen LogP contribution in [0.1, 0.15) is 30.4 Å². The Balaban J connectivity index is 1.72. The van der Waals surface area contributed by atoms with Gasteiger partial charge in [0.1, 0.15) is 0 Å². The maximum absolute atomic E-state index is 11.6. The first-order valence-electron chi connectivity index (χ1n) is 9.26. The third-order valence-corrected chi connectivity index (χ3v) is 5.80. The Morgan fingerprint density at radius 1 is 1.15 bits per heavy atom. The summed E-state index contributed by atoms with van der Waals surface area (Å²) in [5, 5.41) is 11.6. The van der Waals surface area contributed by atoms with Gasteiger partial charge in [0.15, 0.2) is 0 Å². The van der Waals surface area contributed by atoms with Gasteiger partial charge in [0.2, 0.25) is 0 Å². The molecule has 0 radical (unpaired) electrons. The normalized spacial score (nSPS) is 26.2. The van der Waals surface area contributed by atoms with E-state index < -0.39 is 5.60 Å². The van der Waals surface area contributed by atoms with E-state index >= 15 is 0 Å². The highest BCUT2D eigenvalue weighted by atomic mass is 79.9. The van der Waals surface area contributed by atoms with Crippen molar-refractivity contribution in [2.24, 2.45) is 5.92 Å². The van der Waals surface area contributed by atoms with Gasteiger partial charge in [0, 0.05) is 16.9 Å². The summed E-state index contributed by atoms with van der Waals surface area (Å²) in [5.74, 6) is 0.140. The van der Waals surface area contributed by atoms with Gasteiger partial charge in [-0.05, 0) is 56.6 Å². The maximum atomic E-state index is 11.6. The van der Waals surface area contributed by atoms with Crippen LogP contribution in [0.5, 0.6) is 0 Å². The first-order valence-corrected chi connectivity index (χ1v) is 10.1. The monoisotopic (exact) mass is 417 g/mol. The number of hydrogen-bond acceptors (Lipinski definition) is 3. The lowest BCUT2D eigenvalue weighted by Crippen LogP contribution is -2.46. The summed E-state index contributed by atoms with van der Waals surface area (Å²) in [6.07, 6.45) is 2.66. The van der Waals surface area contributed by atoms with Crippen molar-refractivity contribution in [1.29, 1.82) is 0 Å². The lowest BCUT2D eigenvalue weighted by Gasteiger charge is -2.44. The molecule has 3 unspecified atom stereocenters. The van der Waals surface area contributed by atoms with Gasteiger partial charge in [-0.3, -0.25) is 0 Å². The van der Waals surface area contributed by atoms with Crippen LogP contribution in [0.3, 0.4) is 0 Å². The molecule has 3 atom stereocenters. The van der Waals surface area contributed by atoms with Crippen molar-refractivity contribution in [3.8, 4) is 0 Å². The van der Waals surface area contributed by atoms with Gasteiger partial charge in [-0.1, -0.05) is 58.4 Å². The van der Waals surface area contributed by atoms with Crippen molar-refractivity contribution in [3.63, 3.8) is 0 Å². The molecule has 140 valence electrons. The average Bonchev–Trinajstić information content (AvgIpc) is 2.63. The van der Waals surface area contributed by atoms with Gasteiger partial charge in [-0.25, -0.2) is 0 Å². The molecule has 1 N–H and O–H groups in total. The summed E-state index contributed by atoms with van der Waals surface area (Å²) in [6, 6.07) is 18.4. The standard InChI is InChI=1S/C22H28BrNO2/c1-24(2)15-19-14-21(26-16-17-7-4-3-5-8-17)11-12-22(19,25)18-9-6-10-20(23)13-18/h3-10,13,19,21,25H,11-12,14-16H2,1-2H3. The fourth-order valence-electron chi connectivity index (χ4n) is 3.96. The van der Waals surface area contributed by atoms with E-state index in [1.807, 2.05) is 42.5 Å². The van der Waals surface area contributed by atoms with Crippen LogP contribution in [-0.4, -0.2) is 36.8 Å². The van der Waals surface area contributed by atoms with Gasteiger partial charge in [-0.2, -0.15) is 0 Å². The van der Waals surface area contributed by atoms with Crippen molar-refractivity contribution < 1.29 is 9.84 Å². The molecule has 0 aliphatic heterocycles. The third kappa shape index (κ3) is 4.74. The summed E-state index contributed by atoms with van der Waals surface area (Å²) < 4.78 is 7.20. The molecule has 4 heteroatoms. The Kier molecular flexibility index (Phi) is 6.51. The van der Waals surface area contributed by atoms with E-state index in [0.717, 1.165) is 35.8 Å². The molecule has 1 aliphatic carbocycles. The number of nitrogens with zero attached hydrogens (tertiary/aromatic N) is 1. The van der Waals surface area contributed by atoms with Crippen molar-refractivity contribution in [3.05, 3.63) is 70.2 Å². The second-order valence-electron chi connectivity index (χ2n) is 7.59. The smallest absolute Gasteiger partial charge is 0.0939 e. The second-order valence-corrected chi connectivity index (χ2v) is 8.50. The minimum absolute atomic E-state index is 0.140. The highest BCUT2D eigenvalue weighted by Gasteiger charge is 2.43. The molecule has 2 aromatic rings. The number of benzene rings is 2. The summed E-state index contributed by atoms with van der Waals surface area (Å²) in [5.41, 5.74) is 1.39. The number of hydrogen-bond donors (Lipinski definition) is 1. The van der Waals surface area contributed by atoms with E-state index in [0.29, 0.717) is 6.61 Å². The molecular formula is C22H28BrNO2. The molecule has 0 bridgehead atoms. The van der Waals surface area contributed by atoms with Crippen LogP contribution in [0, 0.1) is 5.92 Å². The Labute approximate surface area is 165 Å². The van der Waals surface area contributed by atoms with Gasteiger partial charge in [0.05, 0.1) is 18.3 Å². The number of ether oxygens (including phenoxy) is 1. The van der Waals surface area contributed by atoms with E-state index in [4.69, 9.17) is 4.74 Å². The summed E-state index contributed by atoms with van der Waals surface area (Å²) in [7, 11) is 4.13. The zero-order valence-electron chi connectivity index (χ0n) is 15.6. The second kappa shape index (κ2) is 8.66. The number of halogens is 1. The van der Waals surface area contributed by atoms with E-state index in [1.165, 1.54) is 5.56 Å². The van der Waals surface area contributed by atoms with E-state index in [-0.39, 0.29) is 12.0 Å². The molecule has 3 rings (SSSR count). The van der Waals surface area contributed by atoms with Crippen LogP contribution in [0.4, 0.5) is 0 Å². The van der Waals surface area contributed by atoms with Gasteiger partial charge in [-0.15, -0.1) is 0 Å². The molecule has 0 spiro atoms. The van der Waals surface area contributed by atoms with E-state index in [9.17, 15) is 5.11 Å². The summed E-state index contributed by atoms with van der Waals surface area (Å²) in [6.45, 7) is 1.48. The minimum Gasteiger partial charge on any atom is -0.385 e. The van der Waals surface area contributed by atoms with Crippen LogP contribution in [-0.2, 0) is 16.9 Å². The Bertz CT molecular complexity index is 706. The Morgan fingerprint density at radius 3 is 2.62 bits per heavy atom. The van der Waals surface area contributed by atoms with Crippen LogP contribution in [0.25, 0.3) is 0 Å². The van der Waals surface area contributed by atoms with Gasteiger partial charge >= 0.3 is 0 Å². The van der Waals surface area contributed by atoms with Crippen molar-refractivity contribution in [2.75, 3.05) is 20.6 Å². The summed E-state index contributed by atoms with van der Waals surface area (Å²) in [4.78, 5) is 2.16. The highest BCUT2D eigenvalue weighted by molar-refractivity contribution is 9.10. The fraction of sp³-hybridized carbons (Fsp3) is 0.455. The van der Waals surface area contributed by atoms with Crippen molar-refractivity contribution >= 4 is 15.9 Å². The molecule has 3 nitrogen and oxygen atoms in total. The number of aliphatic hydroxyl groups is 1. The van der Waals surface area contributed by atoms with Crippen LogP contribution in [0.15, 0.2) is 59.1 Å². The first-order chi connectivity index (χ1) is 12.5. The molecule has 0 heterocycles. The minimum atomic E-state index is -0.805. The molecule has 26 heavy (non-hydrogen) atoms. The van der Waals surface area contributed by atoms with E-state index in [1.54, 1.807) is 0 Å². The summed E-state index contributed by atoms with van der Waals surface area (Å²) >= 11 is 3.54. The fourth-order valence-corrected chi connectivity index (χ4v) is 4.36. The first kappa shape index (κ1) is 19.6. The average molecular weight is 418 g/mol. The zero-order valence-corrected chi connectivity index (χ0v) is 17.2. The highest BCUT2D eigenvalue weighted by Crippen LogP contribution is 2.43. The van der Waals surface area contributed by atoms with Crippen molar-refractivity contribution in [2.45, 2.75) is 37.6 Å². The molecule has 1 saturated carbocycles. The lowest BCUT2D eigenvalue weighted by molar-refractivity contribution is -0.110. The maximum Gasteiger partial charge on any atom is 0.0939 e. The van der Waals surface area contributed by atoms with Crippen LogP contribution >= 0.6 is 15.9 Å². The lowest BCUT2D eigenvalue weighted by atomic mass is 9.70. The predicted octanol–water partition coefficient (Wildman–Crippen LogP) is 4.58. The van der Waals surface area contributed by atoms with Crippen LogP contribution in [0.2, 0.25) is 0 Å². The van der Waals surface area contributed by atoms with Crippen LogP contribution < -0.4 is 0 Å². The predicted molar refractivity (Wildman–Crippen MR) is 109 cm³/mol. The largest absolute Gasteiger partial charge is 0.385 e. The molecular weight excluding hydrogens is 390 g/mol. The molecule has 0 amide bonds. The molecule has 1 fully saturated rings. The number of rotatable bonds is 6. The van der Waals surface area contributed by atoms with E-state index in [2.05, 4.69) is 47.1 Å². The molecule has 2 aromatic carbocycles. The Hall–Kier alpha value is -1.20.